The van der Waals surface area contributed by atoms with Gasteiger partial charge in [0.15, 0.2) is 5.78 Å². The summed E-state index contributed by atoms with van der Waals surface area (Å²) in [6, 6.07) is 5.69. The molecule has 1 heterocycles. The highest BCUT2D eigenvalue weighted by Gasteiger charge is 2.12. The van der Waals surface area contributed by atoms with E-state index < -0.39 is 0 Å². The van der Waals surface area contributed by atoms with Crippen LogP contribution in [0.1, 0.15) is 22.8 Å². The van der Waals surface area contributed by atoms with Gasteiger partial charge in [-0.15, -0.1) is 0 Å². The van der Waals surface area contributed by atoms with Gasteiger partial charge < -0.3 is 10.5 Å². The molecule has 0 aliphatic carbocycles. The number of ether oxygens (including phenoxy) is 1. The molecule has 0 spiro atoms. The number of carbonyl (C=O) groups excluding carboxylic acids is 1. The molecule has 1 aliphatic rings. The highest BCUT2D eigenvalue weighted by Crippen LogP contribution is 2.16. The number of rotatable bonds is 3. The predicted molar refractivity (Wildman–Crippen MR) is 67.0 cm³/mol. The van der Waals surface area contributed by atoms with Crippen LogP contribution in [0.2, 0.25) is 0 Å². The summed E-state index contributed by atoms with van der Waals surface area (Å²) in [6.45, 7) is 5.86. The van der Waals surface area contributed by atoms with Crippen molar-refractivity contribution >= 4 is 11.5 Å². The molecule has 2 rings (SSSR count). The Kier molecular flexibility index (Phi) is 3.76. The van der Waals surface area contributed by atoms with E-state index in [0.717, 1.165) is 38.4 Å². The average molecular weight is 234 g/mol. The minimum absolute atomic E-state index is 0.0197. The van der Waals surface area contributed by atoms with Crippen LogP contribution in [0.25, 0.3) is 0 Å². The molecule has 0 aromatic heterocycles. The standard InChI is InChI=1S/C13H18N2O2/c1-10(16)12-8-11(2-3-13(12)14)9-15-4-6-17-7-5-15/h2-3,8H,4-7,9,14H2,1H3. The number of hydrogen-bond acceptors (Lipinski definition) is 4. The van der Waals surface area contributed by atoms with Gasteiger partial charge in [0.1, 0.15) is 0 Å². The van der Waals surface area contributed by atoms with Crippen LogP contribution in [-0.2, 0) is 11.3 Å². The maximum atomic E-state index is 11.4. The van der Waals surface area contributed by atoms with Gasteiger partial charge in [0, 0.05) is 30.9 Å². The molecule has 0 bridgehead atoms. The smallest absolute Gasteiger partial charge is 0.161 e. The molecule has 4 nitrogen and oxygen atoms in total. The first-order chi connectivity index (χ1) is 8.16. The second kappa shape index (κ2) is 5.29. The first-order valence-corrected chi connectivity index (χ1v) is 5.86. The highest BCUT2D eigenvalue weighted by molar-refractivity contribution is 5.99. The molecule has 1 aliphatic heterocycles. The maximum absolute atomic E-state index is 11.4. The van der Waals surface area contributed by atoms with Crippen molar-refractivity contribution in [1.29, 1.82) is 0 Å². The maximum Gasteiger partial charge on any atom is 0.161 e. The SMILES string of the molecule is CC(=O)c1cc(CN2CCOCC2)ccc1N. The Morgan fingerprint density at radius 2 is 2.12 bits per heavy atom. The molecule has 0 amide bonds. The summed E-state index contributed by atoms with van der Waals surface area (Å²) in [6.07, 6.45) is 0. The number of hydrogen-bond donors (Lipinski definition) is 1. The van der Waals surface area contributed by atoms with Crippen LogP contribution in [0.3, 0.4) is 0 Å². The summed E-state index contributed by atoms with van der Waals surface area (Å²) < 4.78 is 5.30. The molecule has 4 heteroatoms. The molecule has 92 valence electrons. The van der Waals surface area contributed by atoms with Crippen LogP contribution in [-0.4, -0.2) is 37.0 Å². The first-order valence-electron chi connectivity index (χ1n) is 5.86. The molecule has 1 aromatic carbocycles. The van der Waals surface area contributed by atoms with E-state index in [4.69, 9.17) is 10.5 Å². The number of Topliss-reactive ketones (excluding diaryl/α,β-unsaturated/α-hetero) is 1. The number of morpholine rings is 1. The zero-order chi connectivity index (χ0) is 12.3. The third-order valence-corrected chi connectivity index (χ3v) is 3.01. The van der Waals surface area contributed by atoms with Gasteiger partial charge in [0.2, 0.25) is 0 Å². The Balaban J connectivity index is 2.10. The first kappa shape index (κ1) is 12.1. The van der Waals surface area contributed by atoms with Crippen molar-refractivity contribution in [3.63, 3.8) is 0 Å². The fourth-order valence-electron chi connectivity index (χ4n) is 2.02. The monoisotopic (exact) mass is 234 g/mol. The normalized spacial score (nSPS) is 17.0. The molecule has 2 N–H and O–H groups in total. The van der Waals surface area contributed by atoms with E-state index in [1.807, 2.05) is 18.2 Å². The zero-order valence-corrected chi connectivity index (χ0v) is 10.1. The lowest BCUT2D eigenvalue weighted by Gasteiger charge is -2.26. The lowest BCUT2D eigenvalue weighted by atomic mass is 10.1. The number of ketones is 1. The fourth-order valence-corrected chi connectivity index (χ4v) is 2.02. The van der Waals surface area contributed by atoms with E-state index in [9.17, 15) is 4.79 Å². The lowest BCUT2D eigenvalue weighted by Crippen LogP contribution is -2.35. The van der Waals surface area contributed by atoms with Gasteiger partial charge in [0.05, 0.1) is 13.2 Å². The van der Waals surface area contributed by atoms with Gasteiger partial charge in [0.25, 0.3) is 0 Å². The van der Waals surface area contributed by atoms with Gasteiger partial charge in [-0.1, -0.05) is 6.07 Å². The third kappa shape index (κ3) is 3.05. The van der Waals surface area contributed by atoms with E-state index in [1.165, 1.54) is 0 Å². The number of nitrogens with zero attached hydrogens (tertiary/aromatic N) is 1. The molecule has 0 saturated carbocycles. The van der Waals surface area contributed by atoms with Gasteiger partial charge >= 0.3 is 0 Å². The number of anilines is 1. The Morgan fingerprint density at radius 1 is 1.41 bits per heavy atom. The highest BCUT2D eigenvalue weighted by atomic mass is 16.5. The molecule has 1 aromatic rings. The largest absolute Gasteiger partial charge is 0.398 e. The quantitative estimate of drug-likeness (QED) is 0.632. The van der Waals surface area contributed by atoms with Crippen molar-refractivity contribution in [2.24, 2.45) is 0 Å². The van der Waals surface area contributed by atoms with E-state index in [1.54, 1.807) is 6.92 Å². The summed E-state index contributed by atoms with van der Waals surface area (Å²) in [7, 11) is 0. The van der Waals surface area contributed by atoms with Crippen molar-refractivity contribution in [2.75, 3.05) is 32.0 Å². The molecule has 1 saturated heterocycles. The van der Waals surface area contributed by atoms with Crippen LogP contribution in [0.15, 0.2) is 18.2 Å². The van der Waals surface area contributed by atoms with Crippen molar-refractivity contribution in [3.8, 4) is 0 Å². The van der Waals surface area contributed by atoms with Crippen molar-refractivity contribution in [1.82, 2.24) is 4.90 Å². The number of nitrogen functional groups attached to an aromatic ring is 1. The molecule has 0 radical (unpaired) electrons. The zero-order valence-electron chi connectivity index (χ0n) is 10.1. The lowest BCUT2D eigenvalue weighted by molar-refractivity contribution is 0.0342. The molecular weight excluding hydrogens is 216 g/mol. The second-order valence-electron chi connectivity index (χ2n) is 4.37. The summed E-state index contributed by atoms with van der Waals surface area (Å²) >= 11 is 0. The van der Waals surface area contributed by atoms with Crippen LogP contribution in [0, 0.1) is 0 Å². The summed E-state index contributed by atoms with van der Waals surface area (Å²) in [5.74, 6) is 0.0197. The molecular formula is C13H18N2O2. The van der Waals surface area contributed by atoms with Crippen LogP contribution >= 0.6 is 0 Å². The molecule has 17 heavy (non-hydrogen) atoms. The molecule has 0 unspecified atom stereocenters. The number of carbonyl (C=O) groups is 1. The Bertz CT molecular complexity index is 412. The van der Waals surface area contributed by atoms with E-state index >= 15 is 0 Å². The Labute approximate surface area is 101 Å². The predicted octanol–water partition coefficient (Wildman–Crippen LogP) is 1.30. The molecule has 0 atom stereocenters. The topological polar surface area (TPSA) is 55.6 Å². The fraction of sp³-hybridized carbons (Fsp3) is 0.462. The summed E-state index contributed by atoms with van der Waals surface area (Å²) in [5, 5.41) is 0. The minimum atomic E-state index is 0.0197. The minimum Gasteiger partial charge on any atom is -0.398 e. The van der Waals surface area contributed by atoms with Crippen LogP contribution < -0.4 is 5.73 Å². The Morgan fingerprint density at radius 3 is 2.76 bits per heavy atom. The van der Waals surface area contributed by atoms with Gasteiger partial charge in [-0.25, -0.2) is 0 Å². The summed E-state index contributed by atoms with van der Waals surface area (Å²) in [4.78, 5) is 13.7. The summed E-state index contributed by atoms with van der Waals surface area (Å²) in [5.41, 5.74) is 8.08. The van der Waals surface area contributed by atoms with E-state index in [-0.39, 0.29) is 5.78 Å². The van der Waals surface area contributed by atoms with Crippen molar-refractivity contribution in [3.05, 3.63) is 29.3 Å². The number of benzene rings is 1. The average Bonchev–Trinajstić information content (AvgIpc) is 2.32. The van der Waals surface area contributed by atoms with Crippen molar-refractivity contribution < 1.29 is 9.53 Å². The van der Waals surface area contributed by atoms with Gasteiger partial charge in [-0.2, -0.15) is 0 Å². The van der Waals surface area contributed by atoms with Crippen LogP contribution in [0.4, 0.5) is 5.69 Å². The van der Waals surface area contributed by atoms with Crippen molar-refractivity contribution in [2.45, 2.75) is 13.5 Å². The Hall–Kier alpha value is -1.39. The van der Waals surface area contributed by atoms with E-state index in [2.05, 4.69) is 4.90 Å². The van der Waals surface area contributed by atoms with Gasteiger partial charge in [-0.3, -0.25) is 9.69 Å². The van der Waals surface area contributed by atoms with Crippen LogP contribution in [0.5, 0.6) is 0 Å². The molecule has 1 fully saturated rings. The van der Waals surface area contributed by atoms with Gasteiger partial charge in [-0.05, 0) is 24.6 Å². The van der Waals surface area contributed by atoms with E-state index in [0.29, 0.717) is 11.3 Å². The third-order valence-electron chi connectivity index (χ3n) is 3.01. The second-order valence-corrected chi connectivity index (χ2v) is 4.37. The number of nitrogens with two attached hydrogens (primary N) is 1.